The molecule has 0 saturated heterocycles. The van der Waals surface area contributed by atoms with E-state index >= 15 is 0 Å². The van der Waals surface area contributed by atoms with Gasteiger partial charge in [0.1, 0.15) is 5.15 Å². The molecule has 10 radical (unpaired) electrons. The Bertz CT molecular complexity index is 396. The van der Waals surface area contributed by atoms with Crippen LogP contribution in [0.15, 0.2) is 31.0 Å². The van der Waals surface area contributed by atoms with Crippen LogP contribution in [0.3, 0.4) is 0 Å². The molecule has 2 aliphatic carbocycles. The maximum Gasteiger partial charge on any atom is 2.00 e. The smallest absolute Gasteiger partial charge is 0.244 e. The van der Waals surface area contributed by atoms with Gasteiger partial charge >= 0.3 is 17.1 Å². The van der Waals surface area contributed by atoms with E-state index in [9.17, 15) is 0 Å². The van der Waals surface area contributed by atoms with Crippen molar-refractivity contribution in [2.45, 2.75) is 0 Å². The molecular formula is C17H14ClFeN+2. The van der Waals surface area contributed by atoms with E-state index in [4.69, 9.17) is 11.6 Å². The molecule has 0 N–H and O–H groups in total. The molecule has 2 aliphatic rings. The molecule has 0 aliphatic heterocycles. The molecule has 1 aromatic heterocycles. The van der Waals surface area contributed by atoms with Gasteiger partial charge in [-0.15, -0.1) is 6.58 Å². The van der Waals surface area contributed by atoms with Gasteiger partial charge in [0.15, 0.2) is 0 Å². The molecule has 0 atom stereocenters. The van der Waals surface area contributed by atoms with E-state index in [2.05, 4.69) is 11.6 Å². The third kappa shape index (κ3) is 4.91. The summed E-state index contributed by atoms with van der Waals surface area (Å²) in [6, 6.07) is 3.83. The van der Waals surface area contributed by atoms with Crippen LogP contribution < -0.4 is 0 Å². The monoisotopic (exact) mass is 323 g/mol. The molecule has 1 aromatic rings. The van der Waals surface area contributed by atoms with Crippen LogP contribution in [-0.4, -0.2) is 4.98 Å². The van der Waals surface area contributed by atoms with E-state index in [1.807, 2.05) is 69.6 Å². The summed E-state index contributed by atoms with van der Waals surface area (Å²) in [5.41, 5.74) is 0.953. The molecule has 0 amide bonds. The molecule has 3 rings (SSSR count). The second-order valence-corrected chi connectivity index (χ2v) is 4.26. The Morgan fingerprint density at radius 3 is 2.20 bits per heavy atom. The van der Waals surface area contributed by atoms with Crippen LogP contribution in [0.4, 0.5) is 0 Å². The maximum atomic E-state index is 6.00. The van der Waals surface area contributed by atoms with Gasteiger partial charge in [0.25, 0.3) is 0 Å². The van der Waals surface area contributed by atoms with Crippen molar-refractivity contribution in [2.75, 3.05) is 0 Å². The van der Waals surface area contributed by atoms with Gasteiger partial charge in [-0.3, -0.25) is 0 Å². The molecule has 2 fully saturated rings. The Hall–Kier alpha value is -0.301. The molecule has 3 heteroatoms. The summed E-state index contributed by atoms with van der Waals surface area (Å²) >= 11 is 6.00. The topological polar surface area (TPSA) is 12.9 Å². The van der Waals surface area contributed by atoms with Crippen LogP contribution in [0.2, 0.25) is 5.15 Å². The Balaban J connectivity index is 0.000000283. The minimum absolute atomic E-state index is 0. The number of allylic oxidation sites excluding steroid dienone is 1. The minimum Gasteiger partial charge on any atom is -0.244 e. The molecule has 0 spiro atoms. The van der Waals surface area contributed by atoms with E-state index in [0.717, 1.165) is 17.4 Å². The van der Waals surface area contributed by atoms with Gasteiger partial charge < -0.3 is 0 Å². The Morgan fingerprint density at radius 1 is 1.00 bits per heavy atom. The molecule has 0 bridgehead atoms. The van der Waals surface area contributed by atoms with Crippen LogP contribution in [0.1, 0.15) is 5.56 Å². The van der Waals surface area contributed by atoms with Crippen LogP contribution in [0, 0.1) is 63.2 Å². The number of halogens is 1. The summed E-state index contributed by atoms with van der Waals surface area (Å²) in [7, 11) is 0. The quantitative estimate of drug-likeness (QED) is 0.591. The summed E-state index contributed by atoms with van der Waals surface area (Å²) in [6.07, 6.45) is 19.5. The third-order valence-corrected chi connectivity index (χ3v) is 2.98. The van der Waals surface area contributed by atoms with E-state index < -0.39 is 0 Å². The minimum atomic E-state index is 0. The number of hydrogen-bond acceptors (Lipinski definition) is 1. The molecule has 0 aromatic carbocycles. The average molecular weight is 324 g/mol. The summed E-state index contributed by atoms with van der Waals surface area (Å²) < 4.78 is 0. The van der Waals surface area contributed by atoms with Crippen molar-refractivity contribution in [2.24, 2.45) is 0 Å². The van der Waals surface area contributed by atoms with E-state index in [1.165, 1.54) is 0 Å². The average Bonchev–Trinajstić information content (AvgIpc) is 3.13. The van der Waals surface area contributed by atoms with Gasteiger partial charge in [0, 0.05) is 18.0 Å². The van der Waals surface area contributed by atoms with E-state index in [1.54, 1.807) is 6.20 Å². The van der Waals surface area contributed by atoms with Crippen molar-refractivity contribution in [1.82, 2.24) is 4.98 Å². The van der Waals surface area contributed by atoms with Gasteiger partial charge in [-0.1, -0.05) is 23.7 Å². The fourth-order valence-corrected chi connectivity index (χ4v) is 1.99. The van der Waals surface area contributed by atoms with Gasteiger partial charge in [-0.25, -0.2) is 4.98 Å². The van der Waals surface area contributed by atoms with Gasteiger partial charge in [0.05, 0.1) is 0 Å². The molecule has 20 heavy (non-hydrogen) atoms. The van der Waals surface area contributed by atoms with Crippen molar-refractivity contribution < 1.29 is 17.1 Å². The number of hydrogen-bond donors (Lipinski definition) is 0. The van der Waals surface area contributed by atoms with Crippen molar-refractivity contribution in [3.63, 3.8) is 0 Å². The molecule has 2 saturated carbocycles. The van der Waals surface area contributed by atoms with Gasteiger partial charge in [-0.05, 0) is 63.0 Å². The first-order valence-corrected chi connectivity index (χ1v) is 6.36. The Morgan fingerprint density at radius 2 is 1.65 bits per heavy atom. The van der Waals surface area contributed by atoms with Crippen molar-refractivity contribution in [3.8, 4) is 0 Å². The van der Waals surface area contributed by atoms with Crippen molar-refractivity contribution in [1.29, 1.82) is 0 Å². The first-order chi connectivity index (χ1) is 9.33. The number of rotatable bonds is 2. The standard InChI is InChI=1S/C12H9ClN.C5H5.Fe/c1-2-9-5-3-6-10(9)11-7-4-8-14-12(11)13;1-2-4-5-3-1;/h2-8H,1H2;1-5H;/q;;+2. The largest absolute Gasteiger partial charge is 2.00 e. The summed E-state index contributed by atoms with van der Waals surface area (Å²) in [6.45, 7) is 3.76. The van der Waals surface area contributed by atoms with Crippen LogP contribution in [0.25, 0.3) is 0 Å². The molecule has 0 unspecified atom stereocenters. The Kier molecular flexibility index (Phi) is 8.52. The summed E-state index contributed by atoms with van der Waals surface area (Å²) in [4.78, 5) is 4.04. The SMILES string of the molecule is C=C[C]1[CH][CH][CH][C]1c1cccnc1Cl.[CH]1[CH][CH][CH][CH]1.[Fe+2]. The van der Waals surface area contributed by atoms with Gasteiger partial charge in [-0.2, -0.15) is 0 Å². The first-order valence-electron chi connectivity index (χ1n) is 5.98. The fourth-order valence-electron chi connectivity index (χ4n) is 1.76. The summed E-state index contributed by atoms with van der Waals surface area (Å²) in [5.74, 6) is 2.16. The number of nitrogens with zero attached hydrogens (tertiary/aromatic N) is 1. The van der Waals surface area contributed by atoms with Gasteiger partial charge in [0.2, 0.25) is 0 Å². The van der Waals surface area contributed by atoms with Crippen LogP contribution in [0.5, 0.6) is 0 Å². The third-order valence-electron chi connectivity index (χ3n) is 2.67. The molecule has 1 heterocycles. The zero-order valence-corrected chi connectivity index (χ0v) is 12.7. The van der Waals surface area contributed by atoms with Crippen LogP contribution in [-0.2, 0) is 17.1 Å². The first kappa shape index (κ1) is 17.8. The molecular weight excluding hydrogens is 309 g/mol. The normalized spacial score (nSPS) is 19.1. The van der Waals surface area contributed by atoms with E-state index in [0.29, 0.717) is 5.15 Å². The number of aromatic nitrogens is 1. The zero-order chi connectivity index (χ0) is 13.5. The zero-order valence-electron chi connectivity index (χ0n) is 10.8. The van der Waals surface area contributed by atoms with E-state index in [-0.39, 0.29) is 17.1 Å². The molecule has 1 nitrogen and oxygen atoms in total. The molecule has 100 valence electrons. The van der Waals surface area contributed by atoms with Crippen molar-refractivity contribution >= 4 is 11.6 Å². The number of pyridine rings is 1. The van der Waals surface area contributed by atoms with Crippen LogP contribution >= 0.6 is 11.6 Å². The predicted molar refractivity (Wildman–Crippen MR) is 79.4 cm³/mol. The summed E-state index contributed by atoms with van der Waals surface area (Å²) in [5, 5.41) is 0.529. The fraction of sp³-hybridized carbons (Fsp3) is 0. The predicted octanol–water partition coefficient (Wildman–Crippen LogP) is 4.06. The maximum absolute atomic E-state index is 6.00. The second kappa shape index (κ2) is 9.60. The van der Waals surface area contributed by atoms with Crippen molar-refractivity contribution in [3.05, 3.63) is 105 Å². The Labute approximate surface area is 138 Å². The second-order valence-electron chi connectivity index (χ2n) is 3.90.